The Kier molecular flexibility index (Phi) is 89.6. The summed E-state index contributed by atoms with van der Waals surface area (Å²) in [6, 6.07) is 0. The van der Waals surface area contributed by atoms with E-state index in [0.717, 1.165) is 0 Å². The average molecular weight is 128 g/mol. The van der Waals surface area contributed by atoms with Gasteiger partial charge in [0.2, 0.25) is 0 Å². The van der Waals surface area contributed by atoms with Crippen LogP contribution in [0.4, 0.5) is 0 Å². The Morgan fingerprint density at radius 3 is 1.00 bits per heavy atom. The topological polar surface area (TPSA) is 0 Å². The zero-order valence-corrected chi connectivity index (χ0v) is 6.95. The third-order valence-electron chi connectivity index (χ3n) is 0.707. The Morgan fingerprint density at radius 1 is 0.778 bits per heavy atom. The Hall–Kier alpha value is -0.520. The lowest BCUT2D eigenvalue weighted by atomic mass is 10.3. The lowest BCUT2D eigenvalue weighted by molar-refractivity contribution is 0.772. The standard InChI is InChI=1S/C5H12.2C2H4/c1-3-5-4-2;2*1-2/h3-5H2,1-2H3;2*1-2H2. The van der Waals surface area contributed by atoms with E-state index in [0.29, 0.717) is 0 Å². The molecule has 9 heavy (non-hydrogen) atoms. The molecule has 0 nitrogen and oxygen atoms in total. The fourth-order valence-corrected chi connectivity index (χ4v) is 0.354. The third kappa shape index (κ3) is 103. The number of hydrogen-bond donors (Lipinski definition) is 0. The van der Waals surface area contributed by atoms with Crippen LogP contribution in [0, 0.1) is 0 Å². The second kappa shape index (κ2) is 51.1. The predicted octanol–water partition coefficient (Wildman–Crippen LogP) is 3.80. The number of hydrogen-bond acceptors (Lipinski definition) is 0. The van der Waals surface area contributed by atoms with Gasteiger partial charge in [0.15, 0.2) is 0 Å². The predicted molar refractivity (Wildman–Crippen MR) is 47.7 cm³/mol. The van der Waals surface area contributed by atoms with Crippen molar-refractivity contribution in [2.45, 2.75) is 33.1 Å². The molecule has 0 saturated heterocycles. The van der Waals surface area contributed by atoms with E-state index in [1.807, 2.05) is 0 Å². The van der Waals surface area contributed by atoms with Gasteiger partial charge in [0.05, 0.1) is 0 Å². The molecule has 56 valence electrons. The first-order valence-electron chi connectivity index (χ1n) is 3.41. The molecule has 0 saturated carbocycles. The van der Waals surface area contributed by atoms with Gasteiger partial charge in [0.25, 0.3) is 0 Å². The Balaban J connectivity index is -0.0000000771. The smallest absolute Gasteiger partial charge is 0.0538 e. The van der Waals surface area contributed by atoms with Crippen molar-refractivity contribution >= 4 is 0 Å². The highest BCUT2D eigenvalue weighted by Crippen LogP contribution is 1.88. The molecule has 0 radical (unpaired) electrons. The van der Waals surface area contributed by atoms with Crippen LogP contribution < -0.4 is 0 Å². The summed E-state index contributed by atoms with van der Waals surface area (Å²) in [7, 11) is 0. The second-order valence-electron chi connectivity index (χ2n) is 1.35. The number of rotatable bonds is 2. The van der Waals surface area contributed by atoms with E-state index in [4.69, 9.17) is 0 Å². The Labute approximate surface area is 60.3 Å². The summed E-state index contributed by atoms with van der Waals surface area (Å²) < 4.78 is 0. The lowest BCUT2D eigenvalue weighted by Crippen LogP contribution is -1.59. The van der Waals surface area contributed by atoms with Crippen molar-refractivity contribution in [1.82, 2.24) is 0 Å². The van der Waals surface area contributed by atoms with E-state index < -0.39 is 0 Å². The maximum atomic E-state index is 3.00. The van der Waals surface area contributed by atoms with Crippen molar-refractivity contribution in [3.63, 3.8) is 0 Å². The SMILES string of the molecule is C=C.C=C.CCCCC. The van der Waals surface area contributed by atoms with Gasteiger partial charge in [-0.25, -0.2) is 0 Å². The first-order valence-corrected chi connectivity index (χ1v) is 3.41. The van der Waals surface area contributed by atoms with Crippen molar-refractivity contribution in [1.29, 1.82) is 0 Å². The van der Waals surface area contributed by atoms with Crippen molar-refractivity contribution in [2.75, 3.05) is 0 Å². The second-order valence-corrected chi connectivity index (χ2v) is 1.35. The van der Waals surface area contributed by atoms with Crippen LogP contribution in [0.15, 0.2) is 26.3 Å². The van der Waals surface area contributed by atoms with Gasteiger partial charge in [-0.2, -0.15) is 0 Å². The van der Waals surface area contributed by atoms with Crippen LogP contribution in [0.2, 0.25) is 0 Å². The molecular formula is C9H20. The van der Waals surface area contributed by atoms with Crippen molar-refractivity contribution in [3.05, 3.63) is 26.3 Å². The third-order valence-corrected chi connectivity index (χ3v) is 0.707. The van der Waals surface area contributed by atoms with Gasteiger partial charge in [0, 0.05) is 0 Å². The minimum Gasteiger partial charge on any atom is -0.106 e. The van der Waals surface area contributed by atoms with Crippen LogP contribution in [0.1, 0.15) is 33.1 Å². The van der Waals surface area contributed by atoms with Crippen molar-refractivity contribution in [2.24, 2.45) is 0 Å². The molecule has 0 bridgehead atoms. The first kappa shape index (κ1) is 15.8. The first-order chi connectivity index (χ1) is 4.41. The van der Waals surface area contributed by atoms with Crippen molar-refractivity contribution < 1.29 is 0 Å². The van der Waals surface area contributed by atoms with E-state index in [2.05, 4.69) is 40.2 Å². The van der Waals surface area contributed by atoms with Gasteiger partial charge in [0.1, 0.15) is 0 Å². The van der Waals surface area contributed by atoms with E-state index in [1.165, 1.54) is 19.3 Å². The fraction of sp³-hybridized carbons (Fsp3) is 0.556. The summed E-state index contributed by atoms with van der Waals surface area (Å²) >= 11 is 0. The van der Waals surface area contributed by atoms with Crippen LogP contribution >= 0.6 is 0 Å². The minimum absolute atomic E-state index is 1.34. The maximum absolute atomic E-state index is 3.00. The monoisotopic (exact) mass is 128 g/mol. The zero-order valence-electron chi connectivity index (χ0n) is 6.95. The lowest BCUT2D eigenvalue weighted by Gasteiger charge is -1.79. The summed E-state index contributed by atoms with van der Waals surface area (Å²) in [4.78, 5) is 0. The highest BCUT2D eigenvalue weighted by Gasteiger charge is 1.68. The molecule has 0 rings (SSSR count). The van der Waals surface area contributed by atoms with E-state index in [9.17, 15) is 0 Å². The van der Waals surface area contributed by atoms with Crippen LogP contribution in [0.3, 0.4) is 0 Å². The molecule has 0 heterocycles. The largest absolute Gasteiger partial charge is 0.106 e. The maximum Gasteiger partial charge on any atom is -0.0538 e. The van der Waals surface area contributed by atoms with E-state index in [-0.39, 0.29) is 0 Å². The van der Waals surface area contributed by atoms with Gasteiger partial charge >= 0.3 is 0 Å². The minimum atomic E-state index is 1.34. The molecule has 0 aliphatic rings. The summed E-state index contributed by atoms with van der Waals surface area (Å²) in [5.41, 5.74) is 0. The molecule has 0 amide bonds. The molecule has 0 unspecified atom stereocenters. The van der Waals surface area contributed by atoms with Crippen LogP contribution in [0.5, 0.6) is 0 Å². The molecule has 0 N–H and O–H groups in total. The van der Waals surface area contributed by atoms with E-state index in [1.54, 1.807) is 0 Å². The van der Waals surface area contributed by atoms with Gasteiger partial charge in [-0.05, 0) is 0 Å². The molecule has 0 spiro atoms. The zero-order chi connectivity index (χ0) is 8.12. The summed E-state index contributed by atoms with van der Waals surface area (Å²) in [5.74, 6) is 0. The van der Waals surface area contributed by atoms with E-state index >= 15 is 0 Å². The quantitative estimate of drug-likeness (QED) is 0.496. The Morgan fingerprint density at radius 2 is 1.00 bits per heavy atom. The highest BCUT2D eigenvalue weighted by molar-refractivity contribution is 4.24. The highest BCUT2D eigenvalue weighted by atomic mass is 13.7. The summed E-state index contributed by atoms with van der Waals surface area (Å²) in [6.07, 6.45) is 4.08. The fourth-order valence-electron chi connectivity index (χ4n) is 0.354. The molecule has 0 atom stereocenters. The van der Waals surface area contributed by atoms with Crippen LogP contribution in [0.25, 0.3) is 0 Å². The molecule has 0 heteroatoms. The van der Waals surface area contributed by atoms with Crippen LogP contribution in [-0.4, -0.2) is 0 Å². The molecule has 0 aromatic rings. The molecule has 0 aromatic carbocycles. The van der Waals surface area contributed by atoms with Gasteiger partial charge < -0.3 is 0 Å². The van der Waals surface area contributed by atoms with Crippen molar-refractivity contribution in [3.8, 4) is 0 Å². The molecule has 0 aliphatic carbocycles. The summed E-state index contributed by atoms with van der Waals surface area (Å²) in [5, 5.41) is 0. The average Bonchev–Trinajstić information content (AvgIpc) is 1.98. The molecule has 0 fully saturated rings. The van der Waals surface area contributed by atoms with Gasteiger partial charge in [-0.3, -0.25) is 0 Å². The molecule has 0 aromatic heterocycles. The molecular weight excluding hydrogens is 108 g/mol. The summed E-state index contributed by atoms with van der Waals surface area (Å²) in [6.45, 7) is 16.4. The Bertz CT molecular complexity index is 19.2. The van der Waals surface area contributed by atoms with Crippen LogP contribution in [-0.2, 0) is 0 Å². The number of unbranched alkanes of at least 4 members (excludes halogenated alkanes) is 2. The van der Waals surface area contributed by atoms with Gasteiger partial charge in [-0.1, -0.05) is 33.1 Å². The van der Waals surface area contributed by atoms with Gasteiger partial charge in [-0.15, -0.1) is 26.3 Å². The normalized spacial score (nSPS) is 5.56. The molecule has 0 aliphatic heterocycles.